The second-order valence-electron chi connectivity index (χ2n) is 7.96. The summed E-state index contributed by atoms with van der Waals surface area (Å²) in [6, 6.07) is 1.49. The molecule has 1 aliphatic carbocycles. The van der Waals surface area contributed by atoms with Crippen molar-refractivity contribution in [3.8, 4) is 0 Å². The molecule has 3 rings (SSSR count). The molecule has 0 bridgehead atoms. The number of hydrogen-bond donors (Lipinski definition) is 1. The molecule has 1 saturated carbocycles. The number of β-amino-alcohol motifs (C(OH)–C–C–N with tert-alkyl or cyclic N) is 1. The van der Waals surface area contributed by atoms with Gasteiger partial charge in [-0.25, -0.2) is 0 Å². The third-order valence-electron chi connectivity index (χ3n) is 6.21. The van der Waals surface area contributed by atoms with Crippen LogP contribution in [0, 0.1) is 17.8 Å². The zero-order valence-electron chi connectivity index (χ0n) is 13.5. The molecule has 3 heteroatoms. The highest BCUT2D eigenvalue weighted by molar-refractivity contribution is 4.93. The highest BCUT2D eigenvalue weighted by Crippen LogP contribution is 2.40. The molecule has 2 saturated heterocycles. The lowest BCUT2D eigenvalue weighted by atomic mass is 9.71. The van der Waals surface area contributed by atoms with Crippen molar-refractivity contribution in [1.29, 1.82) is 0 Å². The van der Waals surface area contributed by atoms with Crippen LogP contribution in [0.25, 0.3) is 0 Å². The molecular weight excluding hydrogens is 248 g/mol. The summed E-state index contributed by atoms with van der Waals surface area (Å²) < 4.78 is 0. The number of nitrogens with zero attached hydrogens (tertiary/aromatic N) is 2. The molecular formula is C17H32N2O. The van der Waals surface area contributed by atoms with Gasteiger partial charge < -0.3 is 10.0 Å². The minimum Gasteiger partial charge on any atom is -0.392 e. The molecule has 6 atom stereocenters. The molecule has 3 aliphatic rings. The fourth-order valence-electron chi connectivity index (χ4n) is 4.99. The fourth-order valence-corrected chi connectivity index (χ4v) is 4.99. The number of likely N-dealkylation sites (tertiary alicyclic amines) is 2. The first-order valence-electron chi connectivity index (χ1n) is 8.65. The number of rotatable bonds is 1. The van der Waals surface area contributed by atoms with Crippen LogP contribution in [0.4, 0.5) is 0 Å². The van der Waals surface area contributed by atoms with Crippen molar-refractivity contribution in [3.63, 3.8) is 0 Å². The molecule has 2 heterocycles. The fraction of sp³-hybridized carbons (Fsp3) is 1.00. The Hall–Kier alpha value is -0.120. The van der Waals surface area contributed by atoms with Crippen LogP contribution < -0.4 is 0 Å². The van der Waals surface area contributed by atoms with Crippen molar-refractivity contribution in [2.75, 3.05) is 26.7 Å². The van der Waals surface area contributed by atoms with Crippen LogP contribution in [-0.4, -0.2) is 59.8 Å². The molecule has 0 aromatic heterocycles. The van der Waals surface area contributed by atoms with Crippen molar-refractivity contribution in [1.82, 2.24) is 9.80 Å². The molecule has 2 aliphatic heterocycles. The van der Waals surface area contributed by atoms with Gasteiger partial charge in [0.05, 0.1) is 6.10 Å². The van der Waals surface area contributed by atoms with Crippen LogP contribution in [0.5, 0.6) is 0 Å². The van der Waals surface area contributed by atoms with Gasteiger partial charge in [-0.2, -0.15) is 0 Å². The Morgan fingerprint density at radius 2 is 1.70 bits per heavy atom. The third-order valence-corrected chi connectivity index (χ3v) is 6.21. The van der Waals surface area contributed by atoms with E-state index in [4.69, 9.17) is 0 Å². The van der Waals surface area contributed by atoms with Crippen LogP contribution in [0.1, 0.15) is 46.0 Å². The van der Waals surface area contributed by atoms with Gasteiger partial charge in [-0.1, -0.05) is 6.92 Å². The van der Waals surface area contributed by atoms with Gasteiger partial charge in [-0.05, 0) is 63.8 Å². The van der Waals surface area contributed by atoms with Crippen LogP contribution in [0.2, 0.25) is 0 Å². The summed E-state index contributed by atoms with van der Waals surface area (Å²) >= 11 is 0. The molecule has 0 radical (unpaired) electrons. The van der Waals surface area contributed by atoms with E-state index in [0.717, 1.165) is 36.9 Å². The maximum atomic E-state index is 10.0. The third kappa shape index (κ3) is 3.05. The lowest BCUT2D eigenvalue weighted by Crippen LogP contribution is -2.53. The lowest BCUT2D eigenvalue weighted by Gasteiger charge is -2.49. The standard InChI is InChI=1S/C17H32N2O/c1-12-6-17(20)11-19(9-12)16-5-4-14-10-18(3)13(2)7-15(14)8-16/h12-17,20H,4-11H2,1-3H3/t12-,13-,14+,15+,16+,17-/m1/s1. The van der Waals surface area contributed by atoms with E-state index in [9.17, 15) is 5.11 Å². The Balaban J connectivity index is 1.60. The van der Waals surface area contributed by atoms with Crippen LogP contribution >= 0.6 is 0 Å². The molecule has 0 amide bonds. The predicted octanol–water partition coefficient (Wildman–Crippen LogP) is 2.20. The SMILES string of the molecule is C[C@@H]1C[C@@H](O)CN([C@H]2CC[C@H]3CN(C)[C@H](C)C[C@H]3C2)C1. The van der Waals surface area contributed by atoms with Gasteiger partial charge in [0.15, 0.2) is 0 Å². The monoisotopic (exact) mass is 280 g/mol. The highest BCUT2D eigenvalue weighted by Gasteiger charge is 2.39. The van der Waals surface area contributed by atoms with E-state index in [0.29, 0.717) is 5.92 Å². The van der Waals surface area contributed by atoms with Gasteiger partial charge in [0.2, 0.25) is 0 Å². The number of hydrogen-bond acceptors (Lipinski definition) is 3. The van der Waals surface area contributed by atoms with E-state index in [1.54, 1.807) is 0 Å². The Kier molecular flexibility index (Phi) is 4.40. The molecule has 3 nitrogen and oxygen atoms in total. The maximum Gasteiger partial charge on any atom is 0.0670 e. The van der Waals surface area contributed by atoms with Crippen molar-refractivity contribution >= 4 is 0 Å². The van der Waals surface area contributed by atoms with E-state index >= 15 is 0 Å². The Morgan fingerprint density at radius 3 is 2.45 bits per heavy atom. The van der Waals surface area contributed by atoms with Crippen molar-refractivity contribution in [2.45, 2.75) is 64.1 Å². The molecule has 1 N–H and O–H groups in total. The second-order valence-corrected chi connectivity index (χ2v) is 7.96. The van der Waals surface area contributed by atoms with Gasteiger partial charge >= 0.3 is 0 Å². The summed E-state index contributed by atoms with van der Waals surface area (Å²) in [5, 5.41) is 10.0. The summed E-state index contributed by atoms with van der Waals surface area (Å²) in [7, 11) is 2.29. The summed E-state index contributed by atoms with van der Waals surface area (Å²) in [5.74, 6) is 2.52. The normalized spacial score (nSPS) is 48.0. The average molecular weight is 280 g/mol. The number of aliphatic hydroxyl groups is 1. The van der Waals surface area contributed by atoms with E-state index in [-0.39, 0.29) is 6.10 Å². The Morgan fingerprint density at radius 1 is 0.900 bits per heavy atom. The number of aliphatic hydroxyl groups excluding tert-OH is 1. The van der Waals surface area contributed by atoms with E-state index in [1.165, 1.54) is 38.8 Å². The van der Waals surface area contributed by atoms with Gasteiger partial charge in [0.25, 0.3) is 0 Å². The molecule has 0 aromatic carbocycles. The van der Waals surface area contributed by atoms with Gasteiger partial charge in [-0.15, -0.1) is 0 Å². The summed E-state index contributed by atoms with van der Waals surface area (Å²) in [6.07, 6.45) is 6.41. The predicted molar refractivity (Wildman–Crippen MR) is 82.7 cm³/mol. The minimum absolute atomic E-state index is 0.0899. The molecule has 0 spiro atoms. The lowest BCUT2D eigenvalue weighted by molar-refractivity contribution is -0.0190. The zero-order valence-corrected chi connectivity index (χ0v) is 13.5. The highest BCUT2D eigenvalue weighted by atomic mass is 16.3. The Labute approximate surface area is 124 Å². The smallest absolute Gasteiger partial charge is 0.0670 e. The second kappa shape index (κ2) is 5.94. The quantitative estimate of drug-likeness (QED) is 0.798. The van der Waals surface area contributed by atoms with E-state index < -0.39 is 0 Å². The van der Waals surface area contributed by atoms with Gasteiger partial charge in [0.1, 0.15) is 0 Å². The first kappa shape index (κ1) is 14.8. The first-order valence-corrected chi connectivity index (χ1v) is 8.65. The summed E-state index contributed by atoms with van der Waals surface area (Å²) in [5.41, 5.74) is 0. The summed E-state index contributed by atoms with van der Waals surface area (Å²) in [4.78, 5) is 5.16. The van der Waals surface area contributed by atoms with Crippen molar-refractivity contribution in [2.24, 2.45) is 17.8 Å². The van der Waals surface area contributed by atoms with E-state index in [2.05, 4.69) is 30.7 Å². The number of piperidine rings is 2. The molecule has 0 unspecified atom stereocenters. The number of fused-ring (bicyclic) bond motifs is 1. The average Bonchev–Trinajstić information content (AvgIpc) is 2.38. The molecule has 20 heavy (non-hydrogen) atoms. The van der Waals surface area contributed by atoms with Crippen molar-refractivity contribution < 1.29 is 5.11 Å². The van der Waals surface area contributed by atoms with Crippen LogP contribution in [0.3, 0.4) is 0 Å². The van der Waals surface area contributed by atoms with Crippen LogP contribution in [-0.2, 0) is 0 Å². The molecule has 0 aromatic rings. The van der Waals surface area contributed by atoms with Crippen LogP contribution in [0.15, 0.2) is 0 Å². The van der Waals surface area contributed by atoms with Gasteiger partial charge in [-0.3, -0.25) is 4.90 Å². The van der Waals surface area contributed by atoms with E-state index in [1.807, 2.05) is 0 Å². The maximum absolute atomic E-state index is 10.0. The zero-order chi connectivity index (χ0) is 14.3. The topological polar surface area (TPSA) is 26.7 Å². The molecule has 3 fully saturated rings. The van der Waals surface area contributed by atoms with Crippen molar-refractivity contribution in [3.05, 3.63) is 0 Å². The first-order chi connectivity index (χ1) is 9.52. The minimum atomic E-state index is -0.0899. The Bertz CT molecular complexity index is 325. The summed E-state index contributed by atoms with van der Waals surface area (Å²) in [6.45, 7) is 8.10. The van der Waals surface area contributed by atoms with Gasteiger partial charge in [0, 0.05) is 31.7 Å². The molecule has 116 valence electrons. The largest absolute Gasteiger partial charge is 0.392 e.